The predicted octanol–water partition coefficient (Wildman–Crippen LogP) is 1.46. The summed E-state index contributed by atoms with van der Waals surface area (Å²) in [4.78, 5) is 15.9. The lowest BCUT2D eigenvalue weighted by molar-refractivity contribution is 0.283. The minimum absolute atomic E-state index is 0.00348. The molecule has 1 aliphatic carbocycles. The topological polar surface area (TPSA) is 60.9 Å². The highest BCUT2D eigenvalue weighted by atomic mass is 16.1. The molecule has 0 bridgehead atoms. The first-order valence-electron chi connectivity index (χ1n) is 6.45. The summed E-state index contributed by atoms with van der Waals surface area (Å²) in [6, 6.07) is 1.64. The van der Waals surface area contributed by atoms with E-state index in [0.717, 1.165) is 5.69 Å². The van der Waals surface area contributed by atoms with Crippen LogP contribution in [-0.4, -0.2) is 15.6 Å². The van der Waals surface area contributed by atoms with E-state index in [-0.39, 0.29) is 11.6 Å². The second kappa shape index (κ2) is 5.45. The van der Waals surface area contributed by atoms with Gasteiger partial charge in [-0.25, -0.2) is 4.98 Å². The molecule has 1 atom stereocenters. The summed E-state index contributed by atoms with van der Waals surface area (Å²) < 4.78 is 1.63. The number of nitrogens with two attached hydrogens (primary N) is 1. The molecule has 0 spiro atoms. The summed E-state index contributed by atoms with van der Waals surface area (Å²) in [6.07, 6.45) is 7.90. The summed E-state index contributed by atoms with van der Waals surface area (Å²) >= 11 is 0. The highest BCUT2D eigenvalue weighted by molar-refractivity contribution is 4.96. The standard InChI is InChI=1S/C13H21N3O/c1-10-7-13(17)16(9-15-10)8-12(14)11-5-3-2-4-6-11/h7,9,11-12H,2-6,8,14H2,1H3. The molecule has 1 aromatic heterocycles. The predicted molar refractivity (Wildman–Crippen MR) is 67.8 cm³/mol. The van der Waals surface area contributed by atoms with E-state index in [4.69, 9.17) is 5.73 Å². The summed E-state index contributed by atoms with van der Waals surface area (Å²) in [7, 11) is 0. The molecule has 0 aromatic carbocycles. The first-order valence-corrected chi connectivity index (χ1v) is 6.45. The third-order valence-corrected chi connectivity index (χ3v) is 3.68. The van der Waals surface area contributed by atoms with E-state index < -0.39 is 0 Å². The van der Waals surface area contributed by atoms with Crippen LogP contribution in [0.1, 0.15) is 37.8 Å². The Kier molecular flexibility index (Phi) is 3.94. The summed E-state index contributed by atoms with van der Waals surface area (Å²) in [5, 5.41) is 0. The van der Waals surface area contributed by atoms with Crippen molar-refractivity contribution in [2.45, 2.75) is 51.6 Å². The highest BCUT2D eigenvalue weighted by Gasteiger charge is 2.20. The number of rotatable bonds is 3. The van der Waals surface area contributed by atoms with Gasteiger partial charge in [0.25, 0.3) is 5.56 Å². The monoisotopic (exact) mass is 235 g/mol. The number of hydrogen-bond acceptors (Lipinski definition) is 3. The van der Waals surface area contributed by atoms with E-state index in [1.165, 1.54) is 32.1 Å². The molecule has 0 aliphatic heterocycles. The maximum Gasteiger partial charge on any atom is 0.253 e. The van der Waals surface area contributed by atoms with Crippen molar-refractivity contribution in [1.29, 1.82) is 0 Å². The molecule has 1 fully saturated rings. The fourth-order valence-corrected chi connectivity index (χ4v) is 2.59. The van der Waals surface area contributed by atoms with Gasteiger partial charge in [0, 0.05) is 24.3 Å². The summed E-state index contributed by atoms with van der Waals surface area (Å²) in [6.45, 7) is 2.42. The zero-order valence-corrected chi connectivity index (χ0v) is 10.4. The smallest absolute Gasteiger partial charge is 0.253 e. The van der Waals surface area contributed by atoms with Gasteiger partial charge in [0.05, 0.1) is 6.33 Å². The molecule has 1 saturated carbocycles. The number of aryl methyl sites for hydroxylation is 1. The van der Waals surface area contributed by atoms with Crippen molar-refractivity contribution in [3.05, 3.63) is 28.4 Å². The van der Waals surface area contributed by atoms with Crippen LogP contribution in [0.25, 0.3) is 0 Å². The van der Waals surface area contributed by atoms with Crippen molar-refractivity contribution in [3.63, 3.8) is 0 Å². The largest absolute Gasteiger partial charge is 0.326 e. The van der Waals surface area contributed by atoms with Gasteiger partial charge in [-0.2, -0.15) is 0 Å². The SMILES string of the molecule is Cc1cc(=O)n(CC(N)C2CCCCC2)cn1. The van der Waals surface area contributed by atoms with E-state index in [1.807, 2.05) is 6.92 Å². The fraction of sp³-hybridized carbons (Fsp3) is 0.692. The van der Waals surface area contributed by atoms with Crippen molar-refractivity contribution in [1.82, 2.24) is 9.55 Å². The van der Waals surface area contributed by atoms with E-state index in [1.54, 1.807) is 17.0 Å². The van der Waals surface area contributed by atoms with Gasteiger partial charge in [0.1, 0.15) is 0 Å². The molecular weight excluding hydrogens is 214 g/mol. The minimum Gasteiger partial charge on any atom is -0.326 e. The molecular formula is C13H21N3O. The Balaban J connectivity index is 2.01. The number of aromatic nitrogens is 2. The molecule has 0 radical (unpaired) electrons. The van der Waals surface area contributed by atoms with E-state index in [2.05, 4.69) is 4.98 Å². The second-order valence-corrected chi connectivity index (χ2v) is 5.08. The Morgan fingerprint density at radius 1 is 1.47 bits per heavy atom. The zero-order valence-electron chi connectivity index (χ0n) is 10.4. The molecule has 1 unspecified atom stereocenters. The molecule has 4 nitrogen and oxygen atoms in total. The molecule has 1 heterocycles. The van der Waals surface area contributed by atoms with Crippen molar-refractivity contribution in [2.24, 2.45) is 11.7 Å². The van der Waals surface area contributed by atoms with Crippen molar-refractivity contribution >= 4 is 0 Å². The lowest BCUT2D eigenvalue weighted by Gasteiger charge is -2.27. The van der Waals surface area contributed by atoms with Crippen LogP contribution >= 0.6 is 0 Å². The number of nitrogens with zero attached hydrogens (tertiary/aromatic N) is 2. The van der Waals surface area contributed by atoms with Crippen LogP contribution < -0.4 is 11.3 Å². The average molecular weight is 235 g/mol. The zero-order chi connectivity index (χ0) is 12.3. The highest BCUT2D eigenvalue weighted by Crippen LogP contribution is 2.25. The average Bonchev–Trinajstić information content (AvgIpc) is 2.34. The van der Waals surface area contributed by atoms with Crippen molar-refractivity contribution < 1.29 is 0 Å². The molecule has 0 amide bonds. The summed E-state index contributed by atoms with van der Waals surface area (Å²) in [5.41, 5.74) is 6.96. The molecule has 1 aromatic rings. The Morgan fingerprint density at radius 3 is 2.82 bits per heavy atom. The third-order valence-electron chi connectivity index (χ3n) is 3.68. The molecule has 94 valence electrons. The van der Waals surface area contributed by atoms with Crippen LogP contribution in [0.15, 0.2) is 17.2 Å². The van der Waals surface area contributed by atoms with Crippen LogP contribution in [-0.2, 0) is 6.54 Å². The van der Waals surface area contributed by atoms with Gasteiger partial charge < -0.3 is 5.73 Å². The maximum atomic E-state index is 11.7. The fourth-order valence-electron chi connectivity index (χ4n) is 2.59. The molecule has 1 aliphatic rings. The molecule has 17 heavy (non-hydrogen) atoms. The molecule has 4 heteroatoms. The quantitative estimate of drug-likeness (QED) is 0.862. The van der Waals surface area contributed by atoms with Gasteiger partial charge in [-0.1, -0.05) is 19.3 Å². The van der Waals surface area contributed by atoms with Gasteiger partial charge in [0.2, 0.25) is 0 Å². The van der Waals surface area contributed by atoms with Crippen LogP contribution in [0.4, 0.5) is 0 Å². The van der Waals surface area contributed by atoms with Gasteiger partial charge in [0.15, 0.2) is 0 Å². The van der Waals surface area contributed by atoms with Crippen LogP contribution in [0.3, 0.4) is 0 Å². The van der Waals surface area contributed by atoms with Gasteiger partial charge in [-0.05, 0) is 25.7 Å². The Labute approximate surface area is 102 Å². The molecule has 0 saturated heterocycles. The lowest BCUT2D eigenvalue weighted by Crippen LogP contribution is -2.38. The Morgan fingerprint density at radius 2 is 2.18 bits per heavy atom. The molecule has 2 rings (SSSR count). The van der Waals surface area contributed by atoms with Gasteiger partial charge in [-0.15, -0.1) is 0 Å². The van der Waals surface area contributed by atoms with Gasteiger partial charge >= 0.3 is 0 Å². The summed E-state index contributed by atoms with van der Waals surface area (Å²) in [5.74, 6) is 0.567. The first kappa shape index (κ1) is 12.3. The lowest BCUT2D eigenvalue weighted by atomic mass is 9.84. The second-order valence-electron chi connectivity index (χ2n) is 5.08. The third kappa shape index (κ3) is 3.16. The Bertz CT molecular complexity index is 421. The van der Waals surface area contributed by atoms with E-state index in [0.29, 0.717) is 12.5 Å². The minimum atomic E-state index is 0.00348. The normalized spacial score (nSPS) is 19.2. The maximum absolute atomic E-state index is 11.7. The first-order chi connectivity index (χ1) is 8.16. The van der Waals surface area contributed by atoms with Crippen LogP contribution in [0, 0.1) is 12.8 Å². The van der Waals surface area contributed by atoms with E-state index >= 15 is 0 Å². The Hall–Kier alpha value is -1.16. The van der Waals surface area contributed by atoms with Gasteiger partial charge in [-0.3, -0.25) is 9.36 Å². The molecule has 2 N–H and O–H groups in total. The number of hydrogen-bond donors (Lipinski definition) is 1. The van der Waals surface area contributed by atoms with Crippen LogP contribution in [0.2, 0.25) is 0 Å². The van der Waals surface area contributed by atoms with Crippen molar-refractivity contribution in [2.75, 3.05) is 0 Å². The van der Waals surface area contributed by atoms with Crippen LogP contribution in [0.5, 0.6) is 0 Å². The van der Waals surface area contributed by atoms with Crippen molar-refractivity contribution in [3.8, 4) is 0 Å². The van der Waals surface area contributed by atoms with E-state index in [9.17, 15) is 4.79 Å².